The van der Waals surface area contributed by atoms with Crippen LogP contribution >= 0.6 is 0 Å². The Morgan fingerprint density at radius 3 is 2.48 bits per heavy atom. The van der Waals surface area contributed by atoms with Crippen molar-refractivity contribution < 1.29 is 4.92 Å². The number of hydrogen-bond acceptors (Lipinski definition) is 7. The highest BCUT2D eigenvalue weighted by Gasteiger charge is 2.30. The van der Waals surface area contributed by atoms with Crippen molar-refractivity contribution in [3.05, 3.63) is 10.1 Å². The first-order valence-electron chi connectivity index (χ1n) is 8.38. The SMILES string of the molecule is C[C@H]1CCCN(c2nc(N)c([N+](=O)[O-])c(N3CCCCC3)n2)C1. The van der Waals surface area contributed by atoms with E-state index in [2.05, 4.69) is 21.8 Å². The zero-order valence-corrected chi connectivity index (χ0v) is 13.6. The maximum atomic E-state index is 11.4. The summed E-state index contributed by atoms with van der Waals surface area (Å²) in [6, 6.07) is 0. The molecule has 1 atom stereocenters. The zero-order valence-electron chi connectivity index (χ0n) is 13.6. The molecule has 2 saturated heterocycles. The number of anilines is 3. The number of nitro groups is 1. The Bertz CT molecular complexity index is 588. The van der Waals surface area contributed by atoms with Crippen LogP contribution in [0.1, 0.15) is 39.0 Å². The van der Waals surface area contributed by atoms with Crippen molar-refractivity contribution in [2.45, 2.75) is 39.0 Å². The molecule has 2 aliphatic rings. The molecular formula is C15H24N6O2. The second-order valence-corrected chi connectivity index (χ2v) is 6.58. The van der Waals surface area contributed by atoms with E-state index in [4.69, 9.17) is 5.73 Å². The normalized spacial score (nSPS) is 22.2. The van der Waals surface area contributed by atoms with Crippen LogP contribution in [0.3, 0.4) is 0 Å². The van der Waals surface area contributed by atoms with Crippen LogP contribution in [0.15, 0.2) is 0 Å². The van der Waals surface area contributed by atoms with Gasteiger partial charge < -0.3 is 15.5 Å². The number of aromatic nitrogens is 2. The van der Waals surface area contributed by atoms with Crippen LogP contribution < -0.4 is 15.5 Å². The fourth-order valence-corrected chi connectivity index (χ4v) is 3.46. The average molecular weight is 320 g/mol. The Hall–Kier alpha value is -2.12. The summed E-state index contributed by atoms with van der Waals surface area (Å²) in [5, 5.41) is 11.4. The summed E-state index contributed by atoms with van der Waals surface area (Å²) < 4.78 is 0. The number of nitrogens with two attached hydrogens (primary N) is 1. The van der Waals surface area contributed by atoms with Crippen molar-refractivity contribution in [3.63, 3.8) is 0 Å². The smallest absolute Gasteiger partial charge is 0.353 e. The van der Waals surface area contributed by atoms with E-state index >= 15 is 0 Å². The third-order valence-corrected chi connectivity index (χ3v) is 4.66. The third-order valence-electron chi connectivity index (χ3n) is 4.66. The molecule has 126 valence electrons. The zero-order chi connectivity index (χ0) is 16.4. The fraction of sp³-hybridized carbons (Fsp3) is 0.733. The van der Waals surface area contributed by atoms with Crippen molar-refractivity contribution >= 4 is 23.3 Å². The van der Waals surface area contributed by atoms with Gasteiger partial charge >= 0.3 is 5.69 Å². The van der Waals surface area contributed by atoms with Crippen molar-refractivity contribution in [2.24, 2.45) is 5.92 Å². The molecule has 0 radical (unpaired) electrons. The molecule has 2 fully saturated rings. The minimum absolute atomic E-state index is 0.0289. The Morgan fingerprint density at radius 1 is 1.13 bits per heavy atom. The topological polar surface area (TPSA) is 101 Å². The lowest BCUT2D eigenvalue weighted by Crippen LogP contribution is -2.37. The first kappa shape index (κ1) is 15.8. The van der Waals surface area contributed by atoms with Gasteiger partial charge in [-0.15, -0.1) is 0 Å². The monoisotopic (exact) mass is 320 g/mol. The Kier molecular flexibility index (Phi) is 4.49. The van der Waals surface area contributed by atoms with Crippen LogP contribution in [0.5, 0.6) is 0 Å². The molecule has 3 heterocycles. The van der Waals surface area contributed by atoms with Crippen LogP contribution in [0.25, 0.3) is 0 Å². The molecule has 8 nitrogen and oxygen atoms in total. The number of nitrogens with zero attached hydrogens (tertiary/aromatic N) is 5. The predicted molar refractivity (Wildman–Crippen MR) is 89.8 cm³/mol. The highest BCUT2D eigenvalue weighted by Crippen LogP contribution is 2.35. The van der Waals surface area contributed by atoms with E-state index in [1.807, 2.05) is 4.90 Å². The molecular weight excluding hydrogens is 296 g/mol. The summed E-state index contributed by atoms with van der Waals surface area (Å²) in [4.78, 5) is 23.8. The van der Waals surface area contributed by atoms with Gasteiger partial charge in [0.2, 0.25) is 17.6 Å². The first-order valence-corrected chi connectivity index (χ1v) is 8.38. The van der Waals surface area contributed by atoms with Gasteiger partial charge in [-0.2, -0.15) is 9.97 Å². The van der Waals surface area contributed by atoms with Crippen LogP contribution in [-0.4, -0.2) is 41.1 Å². The van der Waals surface area contributed by atoms with E-state index < -0.39 is 4.92 Å². The molecule has 0 amide bonds. The molecule has 0 aromatic carbocycles. The number of nitrogen functional groups attached to an aromatic ring is 1. The summed E-state index contributed by atoms with van der Waals surface area (Å²) in [7, 11) is 0. The van der Waals surface area contributed by atoms with Gasteiger partial charge in [0.05, 0.1) is 4.92 Å². The van der Waals surface area contributed by atoms with E-state index in [0.29, 0.717) is 17.7 Å². The molecule has 2 N–H and O–H groups in total. The summed E-state index contributed by atoms with van der Waals surface area (Å²) in [5.74, 6) is 1.46. The largest absolute Gasteiger partial charge is 0.378 e. The molecule has 1 aromatic heterocycles. The number of piperidine rings is 2. The van der Waals surface area contributed by atoms with E-state index in [9.17, 15) is 10.1 Å². The van der Waals surface area contributed by atoms with Crippen molar-refractivity contribution in [2.75, 3.05) is 41.7 Å². The van der Waals surface area contributed by atoms with Gasteiger partial charge in [-0.25, -0.2) is 0 Å². The van der Waals surface area contributed by atoms with Gasteiger partial charge in [0.15, 0.2) is 0 Å². The van der Waals surface area contributed by atoms with Gasteiger partial charge in [-0.1, -0.05) is 6.92 Å². The molecule has 0 aliphatic carbocycles. The van der Waals surface area contributed by atoms with Gasteiger partial charge in [-0.05, 0) is 38.0 Å². The number of hydrogen-bond donors (Lipinski definition) is 1. The van der Waals surface area contributed by atoms with Crippen LogP contribution in [-0.2, 0) is 0 Å². The fourth-order valence-electron chi connectivity index (χ4n) is 3.46. The van der Waals surface area contributed by atoms with E-state index in [-0.39, 0.29) is 11.5 Å². The highest BCUT2D eigenvalue weighted by molar-refractivity contribution is 5.71. The summed E-state index contributed by atoms with van der Waals surface area (Å²) in [5.41, 5.74) is 5.77. The standard InChI is InChI=1S/C15H24N6O2/c1-11-6-5-9-20(10-11)15-17-13(16)12(21(22)23)14(18-15)19-7-3-2-4-8-19/h11H,2-10H2,1H3,(H2,16,17,18)/t11-/m0/s1. The third kappa shape index (κ3) is 3.30. The minimum atomic E-state index is -0.456. The molecule has 0 unspecified atom stereocenters. The molecule has 0 saturated carbocycles. The molecule has 0 bridgehead atoms. The van der Waals surface area contributed by atoms with Crippen molar-refractivity contribution in [1.82, 2.24) is 9.97 Å². The predicted octanol–water partition coefficient (Wildman–Crippen LogP) is 2.19. The molecule has 0 spiro atoms. The maximum Gasteiger partial charge on any atom is 0.353 e. The van der Waals surface area contributed by atoms with Crippen LogP contribution in [0, 0.1) is 16.0 Å². The molecule has 23 heavy (non-hydrogen) atoms. The maximum absolute atomic E-state index is 11.4. The second-order valence-electron chi connectivity index (χ2n) is 6.58. The molecule has 1 aromatic rings. The molecule has 8 heteroatoms. The van der Waals surface area contributed by atoms with Crippen LogP contribution in [0.4, 0.5) is 23.3 Å². The van der Waals surface area contributed by atoms with Crippen molar-refractivity contribution in [3.8, 4) is 0 Å². The average Bonchev–Trinajstić information content (AvgIpc) is 2.54. The first-order chi connectivity index (χ1) is 11.1. The lowest BCUT2D eigenvalue weighted by Gasteiger charge is -2.32. The lowest BCUT2D eigenvalue weighted by atomic mass is 10.0. The summed E-state index contributed by atoms with van der Waals surface area (Å²) in [6.45, 7) is 5.52. The quantitative estimate of drug-likeness (QED) is 0.672. The van der Waals surface area contributed by atoms with E-state index in [1.165, 1.54) is 6.42 Å². The number of rotatable bonds is 3. The Labute approximate surface area is 135 Å². The molecule has 2 aliphatic heterocycles. The summed E-state index contributed by atoms with van der Waals surface area (Å²) in [6.07, 6.45) is 5.48. The van der Waals surface area contributed by atoms with Gasteiger partial charge in [0.1, 0.15) is 0 Å². The van der Waals surface area contributed by atoms with Gasteiger partial charge in [0.25, 0.3) is 0 Å². The van der Waals surface area contributed by atoms with Gasteiger partial charge in [-0.3, -0.25) is 10.1 Å². The van der Waals surface area contributed by atoms with Crippen LogP contribution in [0.2, 0.25) is 0 Å². The van der Waals surface area contributed by atoms with E-state index in [1.54, 1.807) is 0 Å². The van der Waals surface area contributed by atoms with E-state index in [0.717, 1.165) is 51.9 Å². The minimum Gasteiger partial charge on any atom is -0.378 e. The summed E-state index contributed by atoms with van der Waals surface area (Å²) >= 11 is 0. The Morgan fingerprint density at radius 2 is 1.83 bits per heavy atom. The Balaban J connectivity index is 1.98. The highest BCUT2D eigenvalue weighted by atomic mass is 16.6. The van der Waals surface area contributed by atoms with Crippen molar-refractivity contribution in [1.29, 1.82) is 0 Å². The van der Waals surface area contributed by atoms with Gasteiger partial charge in [0, 0.05) is 26.2 Å². The molecule has 3 rings (SSSR count). The second kappa shape index (κ2) is 6.55. The lowest BCUT2D eigenvalue weighted by molar-refractivity contribution is -0.383.